The fraction of sp³-hybridized carbons (Fsp3) is 0.323. The Labute approximate surface area is 231 Å². The van der Waals surface area contributed by atoms with E-state index in [-0.39, 0.29) is 13.1 Å². The number of likely N-dealkylation sites (tertiary alicyclic amines) is 2. The van der Waals surface area contributed by atoms with Gasteiger partial charge in [0.15, 0.2) is 16.6 Å². The first-order chi connectivity index (χ1) is 19.3. The number of methoxy groups -OCH3 is 2. The molecule has 0 saturated carbocycles. The second kappa shape index (κ2) is 9.46. The van der Waals surface area contributed by atoms with E-state index in [0.29, 0.717) is 0 Å². The van der Waals surface area contributed by atoms with Crippen LogP contribution in [0.1, 0.15) is 23.2 Å². The number of hydrogen-bond donors (Lipinski definition) is 0. The minimum Gasteiger partial charge on any atom is -0.468 e. The van der Waals surface area contributed by atoms with Gasteiger partial charge >= 0.3 is 11.9 Å². The first-order valence-electron chi connectivity index (χ1n) is 13.1. The number of para-hydroxylation sites is 2. The maximum absolute atomic E-state index is 15.1. The van der Waals surface area contributed by atoms with Gasteiger partial charge in [-0.05, 0) is 49.5 Å². The summed E-state index contributed by atoms with van der Waals surface area (Å²) in [5.74, 6) is -1.87. The molecule has 6 rings (SSSR count). The fourth-order valence-corrected chi connectivity index (χ4v) is 7.30. The molecule has 2 aromatic carbocycles. The van der Waals surface area contributed by atoms with Crippen molar-refractivity contribution in [1.82, 2.24) is 19.8 Å². The molecule has 2 aromatic heterocycles. The standard InChI is InChI=1S/C31H30N4O5/c1-34-17-30(28(37)39-3)25(21-13-15-32-23-11-7-5-9-19(21)23)35(2)26(31(18-34,27(30)36)29(38)40-4)22-14-16-33-24-12-8-6-10-20(22)24/h5-16,25-26H,17-18H2,1-4H3/t25-,26+,30-,31+. The number of esters is 2. The number of benzene rings is 2. The van der Waals surface area contributed by atoms with E-state index in [4.69, 9.17) is 9.47 Å². The van der Waals surface area contributed by atoms with E-state index in [1.54, 1.807) is 12.4 Å². The van der Waals surface area contributed by atoms with Gasteiger partial charge in [0.1, 0.15) is 0 Å². The molecule has 0 unspecified atom stereocenters. The molecular weight excluding hydrogens is 508 g/mol. The highest BCUT2D eigenvalue weighted by molar-refractivity contribution is 6.18. The minimum absolute atomic E-state index is 0.0761. The first-order valence-corrected chi connectivity index (χ1v) is 13.1. The van der Waals surface area contributed by atoms with Gasteiger partial charge in [0.2, 0.25) is 0 Å². The Balaban J connectivity index is 1.74. The number of ketones is 1. The summed E-state index contributed by atoms with van der Waals surface area (Å²) in [5, 5.41) is 1.63. The molecule has 204 valence electrons. The van der Waals surface area contributed by atoms with Gasteiger partial charge in [-0.25, -0.2) is 0 Å². The number of ether oxygens (including phenoxy) is 2. The van der Waals surface area contributed by atoms with Crippen LogP contribution in [0.25, 0.3) is 21.8 Å². The quantitative estimate of drug-likeness (QED) is 0.286. The smallest absolute Gasteiger partial charge is 0.322 e. The van der Waals surface area contributed by atoms with Crippen LogP contribution in [-0.2, 0) is 23.9 Å². The van der Waals surface area contributed by atoms with Gasteiger partial charge in [-0.15, -0.1) is 0 Å². The summed E-state index contributed by atoms with van der Waals surface area (Å²) in [6.07, 6.45) is 3.37. The molecule has 4 aromatic rings. The average Bonchev–Trinajstić information content (AvgIpc) is 2.98. The first kappa shape index (κ1) is 26.0. The van der Waals surface area contributed by atoms with E-state index in [1.165, 1.54) is 14.2 Å². The van der Waals surface area contributed by atoms with Gasteiger partial charge < -0.3 is 14.4 Å². The minimum atomic E-state index is -1.71. The lowest BCUT2D eigenvalue weighted by atomic mass is 9.53. The van der Waals surface area contributed by atoms with Crippen molar-refractivity contribution in [3.05, 3.63) is 84.2 Å². The number of rotatable bonds is 4. The van der Waals surface area contributed by atoms with Crippen molar-refractivity contribution in [2.45, 2.75) is 12.1 Å². The molecule has 9 nitrogen and oxygen atoms in total. The molecule has 0 N–H and O–H groups in total. The molecule has 0 radical (unpaired) electrons. The molecular formula is C31H30N4O5. The molecule has 0 aliphatic carbocycles. The summed E-state index contributed by atoms with van der Waals surface area (Å²) in [6, 6.07) is 17.4. The van der Waals surface area contributed by atoms with Crippen LogP contribution in [0, 0.1) is 10.8 Å². The Morgan fingerprint density at radius 3 is 1.60 bits per heavy atom. The van der Waals surface area contributed by atoms with Crippen LogP contribution in [0.4, 0.5) is 0 Å². The Hall–Kier alpha value is -4.21. The summed E-state index contributed by atoms with van der Waals surface area (Å²) < 4.78 is 10.8. The van der Waals surface area contributed by atoms with Crippen LogP contribution in [0.3, 0.4) is 0 Å². The maximum atomic E-state index is 15.1. The lowest BCUT2D eigenvalue weighted by Crippen LogP contribution is -2.75. The summed E-state index contributed by atoms with van der Waals surface area (Å²) in [6.45, 7) is 0.152. The molecule has 2 saturated heterocycles. The molecule has 2 aliphatic rings. The number of Topliss-reactive ketones (excluding diaryl/α,β-unsaturated/α-hetero) is 1. The van der Waals surface area contributed by atoms with Crippen molar-refractivity contribution in [3.63, 3.8) is 0 Å². The van der Waals surface area contributed by atoms with Crippen LogP contribution in [0.2, 0.25) is 0 Å². The number of carbonyl (C=O) groups excluding carboxylic acids is 3. The van der Waals surface area contributed by atoms with Crippen LogP contribution in [0.15, 0.2) is 73.1 Å². The van der Waals surface area contributed by atoms with Crippen molar-refractivity contribution in [2.24, 2.45) is 10.8 Å². The maximum Gasteiger partial charge on any atom is 0.322 e. The highest BCUT2D eigenvalue weighted by atomic mass is 16.5. The highest BCUT2D eigenvalue weighted by Gasteiger charge is 2.74. The second-order valence-corrected chi connectivity index (χ2v) is 10.7. The second-order valence-electron chi connectivity index (χ2n) is 10.7. The van der Waals surface area contributed by atoms with Gasteiger partial charge in [0.25, 0.3) is 0 Å². The number of fused-ring (bicyclic) bond motifs is 4. The SMILES string of the molecule is COC(=O)[C@]12CN(C)C[C@](C(=O)OC)(C1=O)[C@@H](c1ccnc3ccccc13)N(C)[C@H]2c1ccnc2ccccc12. The molecule has 2 fully saturated rings. The molecule has 0 spiro atoms. The normalized spacial score (nSPS) is 27.1. The monoisotopic (exact) mass is 538 g/mol. The zero-order valence-electron chi connectivity index (χ0n) is 22.8. The van der Waals surface area contributed by atoms with Gasteiger partial charge in [-0.1, -0.05) is 36.4 Å². The van der Waals surface area contributed by atoms with Crippen molar-refractivity contribution < 1.29 is 23.9 Å². The van der Waals surface area contributed by atoms with Crippen molar-refractivity contribution >= 4 is 39.5 Å². The Kier molecular flexibility index (Phi) is 6.16. The number of pyridine rings is 2. The van der Waals surface area contributed by atoms with Crippen LogP contribution in [-0.4, -0.2) is 78.9 Å². The van der Waals surface area contributed by atoms with E-state index in [9.17, 15) is 9.59 Å². The molecule has 2 aliphatic heterocycles. The van der Waals surface area contributed by atoms with E-state index < -0.39 is 40.6 Å². The predicted molar refractivity (Wildman–Crippen MR) is 148 cm³/mol. The predicted octanol–water partition coefficient (Wildman–Crippen LogP) is 3.34. The van der Waals surface area contributed by atoms with Crippen molar-refractivity contribution in [2.75, 3.05) is 41.4 Å². The summed E-state index contributed by atoms with van der Waals surface area (Å²) in [5.41, 5.74) is -0.447. The van der Waals surface area contributed by atoms with Gasteiger partial charge in [-0.3, -0.25) is 29.3 Å². The number of carbonyl (C=O) groups is 3. The lowest BCUT2D eigenvalue weighted by molar-refractivity contribution is -0.202. The van der Waals surface area contributed by atoms with E-state index in [2.05, 4.69) is 9.97 Å². The Morgan fingerprint density at radius 2 is 1.18 bits per heavy atom. The summed E-state index contributed by atoms with van der Waals surface area (Å²) in [7, 11) is 6.25. The fourth-order valence-electron chi connectivity index (χ4n) is 7.30. The van der Waals surface area contributed by atoms with Gasteiger partial charge in [0.05, 0.1) is 37.3 Å². The van der Waals surface area contributed by atoms with Crippen LogP contribution < -0.4 is 0 Å². The zero-order chi connectivity index (χ0) is 28.2. The summed E-state index contributed by atoms with van der Waals surface area (Å²) in [4.78, 5) is 55.9. The third kappa shape index (κ3) is 3.37. The Morgan fingerprint density at radius 1 is 0.750 bits per heavy atom. The number of aromatic nitrogens is 2. The Bertz CT molecular complexity index is 1540. The highest BCUT2D eigenvalue weighted by Crippen LogP contribution is 2.61. The lowest BCUT2D eigenvalue weighted by Gasteiger charge is -2.61. The van der Waals surface area contributed by atoms with Crippen molar-refractivity contribution in [3.8, 4) is 0 Å². The van der Waals surface area contributed by atoms with Gasteiger partial charge in [-0.2, -0.15) is 0 Å². The van der Waals surface area contributed by atoms with Crippen LogP contribution in [0.5, 0.6) is 0 Å². The number of hydrogen-bond acceptors (Lipinski definition) is 9. The molecule has 40 heavy (non-hydrogen) atoms. The van der Waals surface area contributed by atoms with Crippen LogP contribution >= 0.6 is 0 Å². The van der Waals surface area contributed by atoms with E-state index >= 15 is 4.79 Å². The average molecular weight is 539 g/mol. The zero-order valence-corrected chi connectivity index (χ0v) is 22.8. The molecule has 4 heterocycles. The van der Waals surface area contributed by atoms with Crippen molar-refractivity contribution in [1.29, 1.82) is 0 Å². The third-order valence-corrected chi connectivity index (χ3v) is 8.65. The molecule has 0 amide bonds. The molecule has 2 bridgehead atoms. The van der Waals surface area contributed by atoms with Gasteiger partial charge in [0, 0.05) is 36.3 Å². The largest absolute Gasteiger partial charge is 0.468 e. The molecule has 4 atom stereocenters. The molecule has 9 heteroatoms. The van der Waals surface area contributed by atoms with E-state index in [1.807, 2.05) is 84.6 Å². The number of nitrogens with zero attached hydrogens (tertiary/aromatic N) is 4. The van der Waals surface area contributed by atoms with E-state index in [0.717, 1.165) is 32.9 Å². The topological polar surface area (TPSA) is 102 Å². The number of piperidine rings is 2. The third-order valence-electron chi connectivity index (χ3n) is 8.65. The summed E-state index contributed by atoms with van der Waals surface area (Å²) >= 11 is 0.